The van der Waals surface area contributed by atoms with Crippen LogP contribution < -0.4 is 5.73 Å². The van der Waals surface area contributed by atoms with Crippen molar-refractivity contribution >= 4 is 5.97 Å². The first-order valence-corrected chi connectivity index (χ1v) is 5.26. The summed E-state index contributed by atoms with van der Waals surface area (Å²) in [5.41, 5.74) is 4.53. The zero-order valence-corrected chi connectivity index (χ0v) is 10.3. The highest BCUT2D eigenvalue weighted by molar-refractivity contribution is 5.73. The van der Waals surface area contributed by atoms with E-state index in [-0.39, 0.29) is 12.0 Å². The van der Waals surface area contributed by atoms with Crippen LogP contribution in [-0.4, -0.2) is 23.3 Å². The molecule has 0 aliphatic carbocycles. The van der Waals surface area contributed by atoms with Crippen LogP contribution in [0.25, 0.3) is 0 Å². The van der Waals surface area contributed by atoms with Crippen LogP contribution in [0.2, 0.25) is 0 Å². The number of halogens is 3. The number of nitrogens with two attached hydrogens (primary N) is 1. The van der Waals surface area contributed by atoms with Gasteiger partial charge in [-0.2, -0.15) is 13.2 Å². The van der Waals surface area contributed by atoms with Gasteiger partial charge in [-0.25, -0.2) is 0 Å². The molecule has 0 fully saturated rings. The Bertz CT molecular complexity index is 465. The van der Waals surface area contributed by atoms with Crippen molar-refractivity contribution in [1.29, 1.82) is 0 Å². The van der Waals surface area contributed by atoms with Gasteiger partial charge in [0.2, 0.25) is 0 Å². The van der Waals surface area contributed by atoms with Crippen LogP contribution in [0.3, 0.4) is 0 Å². The molecule has 0 heterocycles. The van der Waals surface area contributed by atoms with Crippen molar-refractivity contribution in [2.75, 3.05) is 0 Å². The number of aliphatic carboxylic acids is 1. The number of rotatable bonds is 4. The van der Waals surface area contributed by atoms with Gasteiger partial charge in [0.15, 0.2) is 0 Å². The summed E-state index contributed by atoms with van der Waals surface area (Å²) < 4.78 is 37.1. The molecule has 0 saturated heterocycles. The van der Waals surface area contributed by atoms with Crippen LogP contribution in [0.5, 0.6) is 0 Å². The molecule has 0 saturated carbocycles. The molecule has 0 aliphatic heterocycles. The van der Waals surface area contributed by atoms with E-state index in [0.29, 0.717) is 0 Å². The summed E-state index contributed by atoms with van der Waals surface area (Å²) in [4.78, 5) is 10.4. The third kappa shape index (κ3) is 7.11. The summed E-state index contributed by atoms with van der Waals surface area (Å²) in [5.74, 6) is 3.68. The monoisotopic (exact) mass is 273 g/mol. The van der Waals surface area contributed by atoms with E-state index in [1.54, 1.807) is 0 Å². The van der Waals surface area contributed by atoms with E-state index in [9.17, 15) is 18.0 Å². The fraction of sp³-hybridized carbons (Fsp3) is 0.308. The largest absolute Gasteiger partial charge is 0.480 e. The molecule has 3 N–H and O–H groups in total. The van der Waals surface area contributed by atoms with Gasteiger partial charge in [-0.1, -0.05) is 24.5 Å². The number of hydrogen-bond donors (Lipinski definition) is 2. The third-order valence-electron chi connectivity index (χ3n) is 1.99. The Balaban J connectivity index is 4.56. The number of alkyl halides is 3. The maximum absolute atomic E-state index is 12.4. The van der Waals surface area contributed by atoms with Gasteiger partial charge in [0.05, 0.1) is 5.57 Å². The van der Waals surface area contributed by atoms with Gasteiger partial charge in [0.1, 0.15) is 6.04 Å². The van der Waals surface area contributed by atoms with Gasteiger partial charge in [-0.3, -0.25) is 4.79 Å². The van der Waals surface area contributed by atoms with Gasteiger partial charge in [0, 0.05) is 12.0 Å². The van der Waals surface area contributed by atoms with Crippen LogP contribution in [0, 0.1) is 11.8 Å². The van der Waals surface area contributed by atoms with Gasteiger partial charge in [-0.05, 0) is 19.1 Å². The predicted octanol–water partition coefficient (Wildman–Crippen LogP) is 2.41. The normalized spacial score (nSPS) is 13.8. The fourth-order valence-electron chi connectivity index (χ4n) is 0.948. The average molecular weight is 273 g/mol. The van der Waals surface area contributed by atoms with E-state index < -0.39 is 23.8 Å². The molecule has 104 valence electrons. The molecule has 0 aromatic carbocycles. The maximum atomic E-state index is 12.4. The van der Waals surface area contributed by atoms with Gasteiger partial charge >= 0.3 is 12.1 Å². The van der Waals surface area contributed by atoms with Crippen molar-refractivity contribution < 1.29 is 23.1 Å². The molecule has 0 aromatic heterocycles. The Hall–Kier alpha value is -2.00. The van der Waals surface area contributed by atoms with Crippen molar-refractivity contribution in [3.05, 3.63) is 36.0 Å². The fourth-order valence-corrected chi connectivity index (χ4v) is 0.948. The minimum absolute atomic E-state index is 0.0993. The van der Waals surface area contributed by atoms with Crippen LogP contribution in [0.1, 0.15) is 13.3 Å². The highest BCUT2D eigenvalue weighted by Gasteiger charge is 2.30. The van der Waals surface area contributed by atoms with Crippen LogP contribution in [-0.2, 0) is 4.79 Å². The molecule has 19 heavy (non-hydrogen) atoms. The summed E-state index contributed by atoms with van der Waals surface area (Å²) in [6, 6.07) is -1.12. The molecule has 0 unspecified atom stereocenters. The van der Waals surface area contributed by atoms with Crippen LogP contribution >= 0.6 is 0 Å². The Labute approximate surface area is 109 Å². The van der Waals surface area contributed by atoms with Crippen molar-refractivity contribution in [2.24, 2.45) is 5.73 Å². The van der Waals surface area contributed by atoms with Crippen molar-refractivity contribution in [2.45, 2.75) is 25.6 Å². The summed E-state index contributed by atoms with van der Waals surface area (Å²) in [5, 5.41) is 8.48. The first kappa shape index (κ1) is 17.0. The van der Waals surface area contributed by atoms with E-state index in [1.807, 2.05) is 0 Å². The third-order valence-corrected chi connectivity index (χ3v) is 1.99. The topological polar surface area (TPSA) is 63.3 Å². The molecule has 6 heteroatoms. The molecular formula is C13H14F3NO2. The SMILES string of the molecule is C=C(C#CC[C@H](N)C(=O)O)/C=C\C(=C/C)C(F)(F)F. The van der Waals surface area contributed by atoms with E-state index in [2.05, 4.69) is 18.4 Å². The Kier molecular flexibility index (Phi) is 6.66. The Morgan fingerprint density at radius 1 is 1.47 bits per heavy atom. The highest BCUT2D eigenvalue weighted by atomic mass is 19.4. The standard InChI is InChI=1S/C13H14F3NO2/c1-3-10(13(14,15)16)8-7-9(2)5-4-6-11(17)12(18)19/h3,7-8,11H,2,6,17H2,1H3,(H,18,19)/b8-7-,10-3+/t11-/m0/s1. The van der Waals surface area contributed by atoms with Gasteiger partial charge < -0.3 is 10.8 Å². The lowest BCUT2D eigenvalue weighted by Gasteiger charge is -2.05. The zero-order valence-electron chi connectivity index (χ0n) is 10.3. The predicted molar refractivity (Wildman–Crippen MR) is 66.1 cm³/mol. The van der Waals surface area contributed by atoms with E-state index in [0.717, 1.165) is 18.2 Å². The maximum Gasteiger partial charge on any atom is 0.416 e. The van der Waals surface area contributed by atoms with E-state index in [4.69, 9.17) is 10.8 Å². The van der Waals surface area contributed by atoms with Crippen molar-refractivity contribution in [3.63, 3.8) is 0 Å². The number of allylic oxidation sites excluding steroid dienone is 5. The van der Waals surface area contributed by atoms with E-state index >= 15 is 0 Å². The second-order valence-electron chi connectivity index (χ2n) is 3.55. The van der Waals surface area contributed by atoms with Crippen LogP contribution in [0.15, 0.2) is 36.0 Å². The molecule has 0 spiro atoms. The second-order valence-corrected chi connectivity index (χ2v) is 3.55. The molecular weight excluding hydrogens is 259 g/mol. The van der Waals surface area contributed by atoms with Gasteiger partial charge in [-0.15, -0.1) is 0 Å². The molecule has 0 bridgehead atoms. The minimum Gasteiger partial charge on any atom is -0.480 e. The summed E-state index contributed by atoms with van der Waals surface area (Å²) >= 11 is 0. The summed E-state index contributed by atoms with van der Waals surface area (Å²) in [7, 11) is 0. The minimum atomic E-state index is -4.43. The molecule has 0 rings (SSSR count). The lowest BCUT2D eigenvalue weighted by Crippen LogP contribution is -2.29. The number of carboxylic acid groups (broad SMARTS) is 1. The quantitative estimate of drug-likeness (QED) is 0.610. The highest BCUT2D eigenvalue weighted by Crippen LogP contribution is 2.26. The molecule has 3 nitrogen and oxygen atoms in total. The van der Waals surface area contributed by atoms with Crippen LogP contribution in [0.4, 0.5) is 13.2 Å². The first-order valence-electron chi connectivity index (χ1n) is 5.26. The Morgan fingerprint density at radius 2 is 2.05 bits per heavy atom. The number of carboxylic acids is 1. The average Bonchev–Trinajstić information content (AvgIpc) is 2.27. The summed E-state index contributed by atoms with van der Waals surface area (Å²) in [6.07, 6.45) is -1.63. The molecule has 1 atom stereocenters. The van der Waals surface area contributed by atoms with Crippen molar-refractivity contribution in [1.82, 2.24) is 0 Å². The van der Waals surface area contributed by atoms with E-state index in [1.165, 1.54) is 6.92 Å². The smallest absolute Gasteiger partial charge is 0.416 e. The Morgan fingerprint density at radius 3 is 2.47 bits per heavy atom. The molecule has 0 aliphatic rings. The molecule has 0 amide bonds. The zero-order chi connectivity index (χ0) is 15.1. The number of carbonyl (C=O) groups is 1. The molecule has 0 aromatic rings. The lowest BCUT2D eigenvalue weighted by molar-refractivity contribution is -0.138. The van der Waals surface area contributed by atoms with Crippen molar-refractivity contribution in [3.8, 4) is 11.8 Å². The number of hydrogen-bond acceptors (Lipinski definition) is 2. The lowest BCUT2D eigenvalue weighted by atomic mass is 10.1. The summed E-state index contributed by atoms with van der Waals surface area (Å²) in [6.45, 7) is 4.71. The van der Waals surface area contributed by atoms with Gasteiger partial charge in [0.25, 0.3) is 0 Å². The first-order chi connectivity index (χ1) is 8.68. The second kappa shape index (κ2) is 7.44. The molecule has 0 radical (unpaired) electrons.